The molecular formula is C36H37NO4. The predicted octanol–water partition coefficient (Wildman–Crippen LogP) is 7.47. The fourth-order valence-electron chi connectivity index (χ4n) is 7.20. The molecule has 0 radical (unpaired) electrons. The van der Waals surface area contributed by atoms with Gasteiger partial charge in [-0.25, -0.2) is 0 Å². The van der Waals surface area contributed by atoms with Gasteiger partial charge < -0.3 is 18.9 Å². The number of benzene rings is 4. The molecule has 0 amide bonds. The highest BCUT2D eigenvalue weighted by Crippen LogP contribution is 2.54. The van der Waals surface area contributed by atoms with Crippen LogP contribution in [-0.4, -0.2) is 32.5 Å². The van der Waals surface area contributed by atoms with Gasteiger partial charge in [-0.2, -0.15) is 0 Å². The van der Waals surface area contributed by atoms with Gasteiger partial charge in [0, 0.05) is 36.5 Å². The van der Waals surface area contributed by atoms with E-state index in [1.807, 2.05) is 0 Å². The molecule has 2 unspecified atom stereocenters. The highest BCUT2D eigenvalue weighted by molar-refractivity contribution is 5.57. The summed E-state index contributed by atoms with van der Waals surface area (Å²) >= 11 is 0. The molecule has 2 atom stereocenters. The molecule has 0 N–H and O–H groups in total. The number of aryl methyl sites for hydroxylation is 2. The van der Waals surface area contributed by atoms with E-state index in [0.717, 1.165) is 48.9 Å². The Bertz CT molecular complexity index is 1530. The Morgan fingerprint density at radius 2 is 1.46 bits per heavy atom. The van der Waals surface area contributed by atoms with Crippen molar-refractivity contribution in [3.63, 3.8) is 0 Å². The topological polar surface area (TPSA) is 40.2 Å². The first-order valence-corrected chi connectivity index (χ1v) is 14.6. The Labute approximate surface area is 242 Å². The Morgan fingerprint density at radius 1 is 0.805 bits per heavy atom. The summed E-state index contributed by atoms with van der Waals surface area (Å²) in [6.45, 7) is 6.40. The summed E-state index contributed by atoms with van der Waals surface area (Å²) in [5.74, 6) is 3.83. The van der Waals surface area contributed by atoms with E-state index in [2.05, 4.69) is 91.5 Å². The summed E-state index contributed by atoms with van der Waals surface area (Å²) in [5, 5.41) is 0. The van der Waals surface area contributed by atoms with Crippen molar-refractivity contribution in [1.29, 1.82) is 0 Å². The van der Waals surface area contributed by atoms with Crippen LogP contribution in [0.1, 0.15) is 68.8 Å². The molecule has 0 saturated carbocycles. The first-order valence-electron chi connectivity index (χ1n) is 14.6. The maximum Gasteiger partial charge on any atom is 0.231 e. The van der Waals surface area contributed by atoms with Gasteiger partial charge >= 0.3 is 0 Å². The van der Waals surface area contributed by atoms with E-state index in [-0.39, 0.29) is 17.9 Å². The van der Waals surface area contributed by atoms with Crippen molar-refractivity contribution < 1.29 is 18.9 Å². The van der Waals surface area contributed by atoms with E-state index < -0.39 is 0 Å². The summed E-state index contributed by atoms with van der Waals surface area (Å²) in [4.78, 5) is 2.64. The van der Waals surface area contributed by atoms with E-state index >= 15 is 0 Å². The molecule has 0 spiro atoms. The quantitative estimate of drug-likeness (QED) is 0.250. The van der Waals surface area contributed by atoms with Crippen LogP contribution in [0.5, 0.6) is 23.0 Å². The molecule has 3 aliphatic rings. The Balaban J connectivity index is 1.40. The van der Waals surface area contributed by atoms with E-state index in [0.29, 0.717) is 6.79 Å². The van der Waals surface area contributed by atoms with Crippen LogP contribution in [0.4, 0.5) is 0 Å². The third kappa shape index (κ3) is 4.53. The second kappa shape index (κ2) is 10.5. The van der Waals surface area contributed by atoms with Gasteiger partial charge in [0.15, 0.2) is 23.0 Å². The maximum atomic E-state index is 6.01. The van der Waals surface area contributed by atoms with Gasteiger partial charge in [0.2, 0.25) is 6.79 Å². The number of methoxy groups -OCH3 is 2. The lowest BCUT2D eigenvalue weighted by Crippen LogP contribution is -2.42. The van der Waals surface area contributed by atoms with Crippen LogP contribution >= 0.6 is 0 Å². The van der Waals surface area contributed by atoms with E-state index in [9.17, 15) is 0 Å². The van der Waals surface area contributed by atoms with Crippen molar-refractivity contribution >= 4 is 0 Å². The molecule has 0 saturated heterocycles. The zero-order valence-electron chi connectivity index (χ0n) is 24.3. The monoisotopic (exact) mass is 547 g/mol. The molecule has 4 aromatic carbocycles. The highest BCUT2D eigenvalue weighted by Gasteiger charge is 2.43. The van der Waals surface area contributed by atoms with E-state index in [1.165, 1.54) is 44.5 Å². The molecule has 210 valence electrons. The first-order chi connectivity index (χ1) is 20.0. The highest BCUT2D eigenvalue weighted by atomic mass is 16.7. The zero-order chi connectivity index (χ0) is 28.1. The standard InChI is InChI=1S/C36H37NO4/c1-22-5-9-24(10-6-22)28(25-11-7-23(2)8-12-25)18-30-27-13-14-32(38-3)36(39-4)31(27)20-37-16-15-26-17-33-34(41-21-40-33)19-29(26)35(30)37/h5-14,17,19,28,30,35H,15-16,18,20-21H2,1-4H3. The van der Waals surface area contributed by atoms with Gasteiger partial charge in [0.25, 0.3) is 0 Å². The lowest BCUT2D eigenvalue weighted by Gasteiger charge is -2.47. The second-order valence-corrected chi connectivity index (χ2v) is 11.7. The van der Waals surface area contributed by atoms with Crippen molar-refractivity contribution in [2.45, 2.75) is 51.1 Å². The van der Waals surface area contributed by atoms with Gasteiger partial charge in [0.05, 0.1) is 14.2 Å². The average Bonchev–Trinajstić information content (AvgIpc) is 3.46. The van der Waals surface area contributed by atoms with Crippen LogP contribution in [0.2, 0.25) is 0 Å². The Morgan fingerprint density at radius 3 is 2.10 bits per heavy atom. The molecule has 0 aromatic heterocycles. The largest absolute Gasteiger partial charge is 0.493 e. The minimum absolute atomic E-state index is 0.220. The van der Waals surface area contributed by atoms with Crippen LogP contribution in [0.15, 0.2) is 72.8 Å². The van der Waals surface area contributed by atoms with Crippen LogP contribution < -0.4 is 18.9 Å². The third-order valence-electron chi connectivity index (χ3n) is 9.29. The second-order valence-electron chi connectivity index (χ2n) is 11.7. The van der Waals surface area contributed by atoms with Gasteiger partial charge in [-0.05, 0) is 72.7 Å². The fraction of sp³-hybridized carbons (Fsp3) is 0.333. The normalized spacial score (nSPS) is 19.0. The van der Waals surface area contributed by atoms with Gasteiger partial charge in [-0.1, -0.05) is 65.7 Å². The van der Waals surface area contributed by atoms with Crippen LogP contribution in [0.3, 0.4) is 0 Å². The van der Waals surface area contributed by atoms with Crippen LogP contribution in [0, 0.1) is 13.8 Å². The van der Waals surface area contributed by atoms with Crippen LogP contribution in [0.25, 0.3) is 0 Å². The number of rotatable bonds is 6. The van der Waals surface area contributed by atoms with Crippen molar-refractivity contribution in [3.8, 4) is 23.0 Å². The lowest BCUT2D eigenvalue weighted by atomic mass is 9.70. The number of fused-ring (bicyclic) bond motifs is 5. The summed E-state index contributed by atoms with van der Waals surface area (Å²) in [5.41, 5.74) is 10.6. The molecule has 5 heteroatoms. The summed E-state index contributed by atoms with van der Waals surface area (Å²) in [7, 11) is 3.48. The number of ether oxygens (including phenoxy) is 4. The van der Waals surface area contributed by atoms with Crippen LogP contribution in [-0.2, 0) is 13.0 Å². The van der Waals surface area contributed by atoms with Gasteiger partial charge in [-0.15, -0.1) is 0 Å². The molecule has 4 aromatic rings. The molecule has 0 fully saturated rings. The molecule has 5 nitrogen and oxygen atoms in total. The minimum Gasteiger partial charge on any atom is -0.493 e. The molecule has 41 heavy (non-hydrogen) atoms. The lowest BCUT2D eigenvalue weighted by molar-refractivity contribution is 0.125. The minimum atomic E-state index is 0.220. The smallest absolute Gasteiger partial charge is 0.231 e. The van der Waals surface area contributed by atoms with Gasteiger partial charge in [0.1, 0.15) is 0 Å². The van der Waals surface area contributed by atoms with Crippen molar-refractivity contribution in [2.75, 3.05) is 27.6 Å². The summed E-state index contributed by atoms with van der Waals surface area (Å²) in [6.07, 6.45) is 1.94. The summed E-state index contributed by atoms with van der Waals surface area (Å²) in [6, 6.07) is 27.2. The maximum absolute atomic E-state index is 6.01. The predicted molar refractivity (Wildman–Crippen MR) is 161 cm³/mol. The average molecular weight is 548 g/mol. The number of nitrogens with zero attached hydrogens (tertiary/aromatic N) is 1. The number of hydrogen-bond donors (Lipinski definition) is 0. The first kappa shape index (κ1) is 26.0. The Kier molecular flexibility index (Phi) is 6.63. The SMILES string of the molecule is COc1ccc2c(c1OC)CN1CCc3cc4c(cc3C1C2CC(c1ccc(C)cc1)c1ccc(C)cc1)OCO4. The third-order valence-corrected chi connectivity index (χ3v) is 9.29. The molecule has 3 heterocycles. The molecular weight excluding hydrogens is 510 g/mol. The van der Waals surface area contributed by atoms with Crippen molar-refractivity contribution in [2.24, 2.45) is 0 Å². The summed E-state index contributed by atoms with van der Waals surface area (Å²) < 4.78 is 23.4. The van der Waals surface area contributed by atoms with E-state index in [4.69, 9.17) is 18.9 Å². The Hall–Kier alpha value is -3.96. The number of hydrogen-bond acceptors (Lipinski definition) is 5. The van der Waals surface area contributed by atoms with E-state index in [1.54, 1.807) is 14.2 Å². The van der Waals surface area contributed by atoms with Gasteiger partial charge in [-0.3, -0.25) is 4.90 Å². The zero-order valence-corrected chi connectivity index (χ0v) is 24.3. The molecule has 0 aliphatic carbocycles. The molecule has 0 bridgehead atoms. The molecule has 7 rings (SSSR count). The van der Waals surface area contributed by atoms with Crippen molar-refractivity contribution in [3.05, 3.63) is 117 Å². The fourth-order valence-corrected chi connectivity index (χ4v) is 7.20. The van der Waals surface area contributed by atoms with Crippen molar-refractivity contribution in [1.82, 2.24) is 4.90 Å². The molecule has 3 aliphatic heterocycles.